The topological polar surface area (TPSA) is 132 Å². The Balaban J connectivity index is 2.40. The lowest BCUT2D eigenvalue weighted by molar-refractivity contribution is -0.156. The molecule has 1 aromatic carbocycles. The molecule has 0 aliphatic carbocycles. The Morgan fingerprint density at radius 1 is 1.14 bits per heavy atom. The molecule has 1 unspecified atom stereocenters. The third-order valence-electron chi connectivity index (χ3n) is 5.81. The number of rotatable bonds is 8. The summed E-state index contributed by atoms with van der Waals surface area (Å²) >= 11 is 0. The first-order chi connectivity index (χ1) is 17.3. The zero-order valence-electron chi connectivity index (χ0n) is 21.3. The molecule has 36 heavy (non-hydrogen) atoms. The Morgan fingerprint density at radius 2 is 1.94 bits per heavy atom. The number of esters is 1. The van der Waals surface area contributed by atoms with Crippen molar-refractivity contribution in [3.63, 3.8) is 0 Å². The van der Waals surface area contributed by atoms with Crippen molar-refractivity contribution in [2.24, 2.45) is 5.41 Å². The van der Waals surface area contributed by atoms with Crippen LogP contribution >= 0.6 is 0 Å². The third-order valence-corrected chi connectivity index (χ3v) is 5.81. The Hall–Kier alpha value is -3.18. The van der Waals surface area contributed by atoms with Gasteiger partial charge in [0.15, 0.2) is 6.61 Å². The number of benzene rings is 1. The van der Waals surface area contributed by atoms with E-state index < -0.39 is 23.2 Å². The first-order valence-corrected chi connectivity index (χ1v) is 12.0. The molecule has 2 N–H and O–H groups in total. The van der Waals surface area contributed by atoms with Gasteiger partial charge < -0.3 is 34.5 Å². The van der Waals surface area contributed by atoms with Crippen LogP contribution in [0.3, 0.4) is 0 Å². The second kappa shape index (κ2) is 15.0. The van der Waals surface area contributed by atoms with Crippen molar-refractivity contribution < 1.29 is 38.1 Å². The molecule has 1 atom stereocenters. The van der Waals surface area contributed by atoms with Crippen LogP contribution < -0.4 is 15.4 Å². The van der Waals surface area contributed by atoms with Crippen LogP contribution in [0.2, 0.25) is 0 Å². The molecule has 0 spiro atoms. The molecule has 2 bridgehead atoms. The summed E-state index contributed by atoms with van der Waals surface area (Å²) in [5, 5.41) is 5.51. The highest BCUT2D eigenvalue weighted by Gasteiger charge is 2.40. The standard InChI is InChI=1S/C25H37N3O8/c1-4-35-24(32)25(9-6-12-33-2)14-19-7-5-8-20(13-19)36-16-22(30)26-10-11-28(23(31)17-34-3)15-21(29)27-18-25/h5,7-8,13H,4,6,9-12,14-18H2,1-3H3,(H,26,30)(H,27,29). The largest absolute Gasteiger partial charge is 0.484 e. The van der Waals surface area contributed by atoms with Crippen LogP contribution in [0.5, 0.6) is 5.75 Å². The van der Waals surface area contributed by atoms with Gasteiger partial charge in [-0.15, -0.1) is 0 Å². The van der Waals surface area contributed by atoms with Crippen LogP contribution in [0.4, 0.5) is 0 Å². The summed E-state index contributed by atoms with van der Waals surface area (Å²) in [6, 6.07) is 7.14. The number of methoxy groups -OCH3 is 2. The molecule has 200 valence electrons. The van der Waals surface area contributed by atoms with Crippen LogP contribution in [-0.4, -0.2) is 95.4 Å². The van der Waals surface area contributed by atoms with Gasteiger partial charge in [0, 0.05) is 40.5 Å². The molecule has 2 rings (SSSR count). The lowest BCUT2D eigenvalue weighted by Gasteiger charge is -2.32. The molecule has 0 saturated carbocycles. The van der Waals surface area contributed by atoms with Crippen molar-refractivity contribution >= 4 is 23.7 Å². The number of nitrogens with one attached hydrogen (secondary N) is 2. The van der Waals surface area contributed by atoms with Crippen molar-refractivity contribution in [2.45, 2.75) is 26.2 Å². The maximum atomic E-state index is 13.3. The minimum Gasteiger partial charge on any atom is -0.484 e. The lowest BCUT2D eigenvalue weighted by Crippen LogP contribution is -2.50. The number of fused-ring (bicyclic) bond motifs is 2. The second-order valence-electron chi connectivity index (χ2n) is 8.58. The molecule has 0 saturated heterocycles. The smallest absolute Gasteiger partial charge is 0.314 e. The Bertz CT molecular complexity index is 894. The maximum Gasteiger partial charge on any atom is 0.314 e. The van der Waals surface area contributed by atoms with Gasteiger partial charge in [0.25, 0.3) is 5.91 Å². The van der Waals surface area contributed by atoms with Crippen molar-refractivity contribution in [1.29, 1.82) is 0 Å². The van der Waals surface area contributed by atoms with E-state index in [9.17, 15) is 19.2 Å². The summed E-state index contributed by atoms with van der Waals surface area (Å²) < 4.78 is 21.2. The SMILES string of the molecule is CCOC(=O)C1(CCCOC)CNC(=O)CN(C(=O)COC)CCNC(=O)COc2cccc(c2)C1. The predicted molar refractivity (Wildman–Crippen MR) is 130 cm³/mol. The Morgan fingerprint density at radius 3 is 2.67 bits per heavy atom. The van der Waals surface area contributed by atoms with Gasteiger partial charge in [0.2, 0.25) is 11.8 Å². The van der Waals surface area contributed by atoms with Gasteiger partial charge in [0.1, 0.15) is 12.4 Å². The van der Waals surface area contributed by atoms with Gasteiger partial charge in [-0.3, -0.25) is 19.2 Å². The van der Waals surface area contributed by atoms with E-state index in [0.717, 1.165) is 5.56 Å². The van der Waals surface area contributed by atoms with Crippen molar-refractivity contribution in [3.8, 4) is 5.75 Å². The number of amides is 3. The summed E-state index contributed by atoms with van der Waals surface area (Å²) in [7, 11) is 2.97. The van der Waals surface area contributed by atoms with Gasteiger partial charge in [0.05, 0.1) is 18.6 Å². The predicted octanol–water partition coefficient (Wildman–Crippen LogP) is 0.305. The van der Waals surface area contributed by atoms with Crippen LogP contribution in [-0.2, 0) is 39.8 Å². The third kappa shape index (κ3) is 9.12. The van der Waals surface area contributed by atoms with E-state index in [1.807, 2.05) is 6.07 Å². The van der Waals surface area contributed by atoms with Gasteiger partial charge in [-0.2, -0.15) is 0 Å². The fourth-order valence-corrected chi connectivity index (χ4v) is 3.99. The van der Waals surface area contributed by atoms with Crippen LogP contribution in [0.15, 0.2) is 24.3 Å². The molecule has 1 aromatic rings. The van der Waals surface area contributed by atoms with Gasteiger partial charge in [-0.25, -0.2) is 0 Å². The molecular formula is C25H37N3O8. The second-order valence-corrected chi connectivity index (χ2v) is 8.58. The minimum absolute atomic E-state index is 0.0164. The first-order valence-electron chi connectivity index (χ1n) is 12.0. The van der Waals surface area contributed by atoms with E-state index in [1.54, 1.807) is 32.2 Å². The average molecular weight is 508 g/mol. The molecule has 0 aromatic heterocycles. The quantitative estimate of drug-likeness (QED) is 0.379. The van der Waals surface area contributed by atoms with E-state index in [0.29, 0.717) is 25.2 Å². The number of carbonyl (C=O) groups excluding carboxylic acids is 4. The fourth-order valence-electron chi connectivity index (χ4n) is 3.99. The summed E-state index contributed by atoms with van der Waals surface area (Å²) in [5.74, 6) is -1.15. The zero-order valence-corrected chi connectivity index (χ0v) is 21.3. The number of nitrogens with zero attached hydrogens (tertiary/aromatic N) is 1. The lowest BCUT2D eigenvalue weighted by atomic mass is 9.77. The summed E-state index contributed by atoms with van der Waals surface area (Å²) in [5.41, 5.74) is -0.282. The highest BCUT2D eigenvalue weighted by molar-refractivity contribution is 5.86. The average Bonchev–Trinajstić information content (AvgIpc) is 2.85. The molecular weight excluding hydrogens is 470 g/mol. The number of hydrogen-bond donors (Lipinski definition) is 2. The Kier molecular flexibility index (Phi) is 12.1. The molecule has 1 aliphatic rings. The van der Waals surface area contributed by atoms with Crippen LogP contribution in [0.1, 0.15) is 25.3 Å². The molecule has 3 amide bonds. The van der Waals surface area contributed by atoms with E-state index in [1.165, 1.54) is 12.0 Å². The normalized spacial score (nSPS) is 19.6. The first kappa shape index (κ1) is 29.1. The van der Waals surface area contributed by atoms with Crippen LogP contribution in [0.25, 0.3) is 0 Å². The molecule has 0 radical (unpaired) electrons. The summed E-state index contributed by atoms with van der Waals surface area (Å²) in [4.78, 5) is 52.2. The number of ether oxygens (including phenoxy) is 4. The van der Waals surface area contributed by atoms with E-state index >= 15 is 0 Å². The highest BCUT2D eigenvalue weighted by atomic mass is 16.5. The molecule has 0 fully saturated rings. The van der Waals surface area contributed by atoms with E-state index in [4.69, 9.17) is 18.9 Å². The van der Waals surface area contributed by atoms with Gasteiger partial charge in [-0.1, -0.05) is 12.1 Å². The van der Waals surface area contributed by atoms with Gasteiger partial charge >= 0.3 is 5.97 Å². The Labute approximate surface area is 211 Å². The fraction of sp³-hybridized carbons (Fsp3) is 0.600. The van der Waals surface area contributed by atoms with E-state index in [2.05, 4.69) is 10.6 Å². The molecule has 11 heteroatoms. The summed E-state index contributed by atoms with van der Waals surface area (Å²) in [6.45, 7) is 1.94. The number of hydrogen-bond acceptors (Lipinski definition) is 8. The molecule has 11 nitrogen and oxygen atoms in total. The van der Waals surface area contributed by atoms with Crippen molar-refractivity contribution in [1.82, 2.24) is 15.5 Å². The maximum absolute atomic E-state index is 13.3. The van der Waals surface area contributed by atoms with Crippen LogP contribution in [0, 0.1) is 5.41 Å². The number of carbonyl (C=O) groups is 4. The van der Waals surface area contributed by atoms with Gasteiger partial charge in [-0.05, 0) is 43.9 Å². The molecule has 1 heterocycles. The monoisotopic (exact) mass is 507 g/mol. The van der Waals surface area contributed by atoms with Crippen molar-refractivity contribution in [2.75, 3.05) is 66.8 Å². The minimum atomic E-state index is -1.07. The summed E-state index contributed by atoms with van der Waals surface area (Å²) in [6.07, 6.45) is 1.24. The van der Waals surface area contributed by atoms with E-state index in [-0.39, 0.29) is 58.3 Å². The molecule has 1 aliphatic heterocycles. The zero-order chi connectivity index (χ0) is 26.4. The van der Waals surface area contributed by atoms with Crippen molar-refractivity contribution in [3.05, 3.63) is 29.8 Å². The highest BCUT2D eigenvalue weighted by Crippen LogP contribution is 2.32.